The lowest BCUT2D eigenvalue weighted by atomic mass is 10.1. The first kappa shape index (κ1) is 18.5. The number of ether oxygens (including phenoxy) is 1. The minimum atomic E-state index is -0.421. The summed E-state index contributed by atoms with van der Waals surface area (Å²) in [5.74, 6) is 0.0416. The lowest BCUT2D eigenvalue weighted by Gasteiger charge is -2.18. The van der Waals surface area contributed by atoms with Gasteiger partial charge in [0.15, 0.2) is 0 Å². The molecule has 0 saturated carbocycles. The molecule has 0 unspecified atom stereocenters. The maximum atomic E-state index is 12.4. The van der Waals surface area contributed by atoms with Crippen molar-refractivity contribution in [3.05, 3.63) is 58.1 Å². The monoisotopic (exact) mass is 392 g/mol. The van der Waals surface area contributed by atoms with E-state index in [-0.39, 0.29) is 24.8 Å². The maximum Gasteiger partial charge on any atom is 0.227 e. The number of hydrogen-bond acceptors (Lipinski definition) is 3. The third-order valence-electron chi connectivity index (χ3n) is 4.34. The first-order valence-electron chi connectivity index (χ1n) is 8.14. The molecular weight excluding hydrogens is 375 g/mol. The third-order valence-corrected chi connectivity index (χ3v) is 5.15. The molecule has 2 amide bonds. The smallest absolute Gasteiger partial charge is 0.227 e. The Morgan fingerprint density at radius 1 is 1.23 bits per heavy atom. The van der Waals surface area contributed by atoms with Crippen LogP contribution in [0.5, 0.6) is 5.75 Å². The molecule has 0 radical (unpaired) electrons. The molecule has 3 rings (SSSR count). The number of halogens is 2. The molecule has 26 heavy (non-hydrogen) atoms. The van der Waals surface area contributed by atoms with Crippen LogP contribution in [-0.4, -0.2) is 25.5 Å². The summed E-state index contributed by atoms with van der Waals surface area (Å²) in [6.07, 6.45) is 0.150. The Morgan fingerprint density at radius 3 is 2.65 bits per heavy atom. The number of anilines is 1. The van der Waals surface area contributed by atoms with Crippen molar-refractivity contribution in [3.8, 4) is 5.75 Å². The van der Waals surface area contributed by atoms with Gasteiger partial charge in [0.05, 0.1) is 28.8 Å². The van der Waals surface area contributed by atoms with Gasteiger partial charge in [0.25, 0.3) is 0 Å². The summed E-state index contributed by atoms with van der Waals surface area (Å²) >= 11 is 12.2. The zero-order chi connectivity index (χ0) is 18.7. The van der Waals surface area contributed by atoms with Crippen LogP contribution < -0.4 is 15.0 Å². The molecule has 1 atom stereocenters. The van der Waals surface area contributed by atoms with Crippen LogP contribution in [0, 0.1) is 5.92 Å². The normalized spacial score (nSPS) is 16.7. The Balaban J connectivity index is 1.62. The molecule has 1 N–H and O–H groups in total. The van der Waals surface area contributed by atoms with E-state index in [0.29, 0.717) is 22.3 Å². The number of rotatable bonds is 5. The number of methoxy groups -OCH3 is 1. The minimum absolute atomic E-state index is 0.140. The van der Waals surface area contributed by atoms with Gasteiger partial charge in [0.2, 0.25) is 11.8 Å². The van der Waals surface area contributed by atoms with E-state index in [9.17, 15) is 9.59 Å². The summed E-state index contributed by atoms with van der Waals surface area (Å²) in [5, 5.41) is 3.58. The van der Waals surface area contributed by atoms with E-state index in [1.807, 2.05) is 24.3 Å². The van der Waals surface area contributed by atoms with Crippen LogP contribution in [-0.2, 0) is 16.1 Å². The van der Waals surface area contributed by atoms with Gasteiger partial charge in [-0.25, -0.2) is 0 Å². The van der Waals surface area contributed by atoms with Crippen LogP contribution in [0.4, 0.5) is 5.69 Å². The number of hydrogen-bond donors (Lipinski definition) is 1. The standard InChI is InChI=1S/C19H18Cl2N2O3/c1-26-14-7-5-12(6-8-14)10-22-19(25)13-9-17(24)23(11-13)16-4-2-3-15(20)18(16)21/h2-8,13H,9-11H2,1H3,(H,22,25)/t13-/m1/s1. The van der Waals surface area contributed by atoms with Gasteiger partial charge in [-0.3, -0.25) is 9.59 Å². The molecule has 1 aliphatic heterocycles. The molecule has 1 heterocycles. The summed E-state index contributed by atoms with van der Waals surface area (Å²) in [7, 11) is 1.60. The molecule has 5 nitrogen and oxygen atoms in total. The van der Waals surface area contributed by atoms with Crippen molar-refractivity contribution in [2.24, 2.45) is 5.92 Å². The zero-order valence-electron chi connectivity index (χ0n) is 14.2. The maximum absolute atomic E-state index is 12.4. The Labute approximate surface area is 161 Å². The van der Waals surface area contributed by atoms with Crippen molar-refractivity contribution in [3.63, 3.8) is 0 Å². The number of nitrogens with zero attached hydrogens (tertiary/aromatic N) is 1. The van der Waals surface area contributed by atoms with Crippen molar-refractivity contribution in [2.75, 3.05) is 18.6 Å². The molecule has 0 bridgehead atoms. The average Bonchev–Trinajstić information content (AvgIpc) is 3.04. The van der Waals surface area contributed by atoms with E-state index >= 15 is 0 Å². The van der Waals surface area contributed by atoms with E-state index in [1.165, 1.54) is 4.90 Å². The number of carbonyl (C=O) groups excluding carboxylic acids is 2. The van der Waals surface area contributed by atoms with E-state index in [2.05, 4.69) is 5.32 Å². The predicted molar refractivity (Wildman–Crippen MR) is 102 cm³/mol. The topological polar surface area (TPSA) is 58.6 Å². The molecule has 2 aromatic carbocycles. The number of benzene rings is 2. The van der Waals surface area contributed by atoms with Crippen molar-refractivity contribution < 1.29 is 14.3 Å². The van der Waals surface area contributed by atoms with Gasteiger partial charge in [-0.1, -0.05) is 41.4 Å². The highest BCUT2D eigenvalue weighted by Gasteiger charge is 2.36. The molecule has 2 aromatic rings. The summed E-state index contributed by atoms with van der Waals surface area (Å²) < 4.78 is 5.11. The van der Waals surface area contributed by atoms with Crippen LogP contribution in [0.2, 0.25) is 10.0 Å². The van der Waals surface area contributed by atoms with E-state index < -0.39 is 5.92 Å². The van der Waals surface area contributed by atoms with Gasteiger partial charge in [0.1, 0.15) is 5.75 Å². The van der Waals surface area contributed by atoms with Gasteiger partial charge in [0, 0.05) is 19.5 Å². The van der Waals surface area contributed by atoms with Gasteiger partial charge in [-0.05, 0) is 29.8 Å². The molecule has 0 aromatic heterocycles. The molecule has 136 valence electrons. The fourth-order valence-corrected chi connectivity index (χ4v) is 3.29. The van der Waals surface area contributed by atoms with Gasteiger partial charge < -0.3 is 15.0 Å². The predicted octanol–water partition coefficient (Wildman–Crippen LogP) is 3.67. The highest BCUT2D eigenvalue weighted by atomic mass is 35.5. The van der Waals surface area contributed by atoms with Crippen molar-refractivity contribution in [2.45, 2.75) is 13.0 Å². The van der Waals surface area contributed by atoms with Crippen molar-refractivity contribution >= 4 is 40.7 Å². The largest absolute Gasteiger partial charge is 0.497 e. The van der Waals surface area contributed by atoms with Crippen LogP contribution in [0.1, 0.15) is 12.0 Å². The molecular formula is C19H18Cl2N2O3. The quantitative estimate of drug-likeness (QED) is 0.844. The van der Waals surface area contributed by atoms with E-state index in [4.69, 9.17) is 27.9 Å². The Morgan fingerprint density at radius 2 is 1.96 bits per heavy atom. The minimum Gasteiger partial charge on any atom is -0.497 e. The molecule has 1 saturated heterocycles. The first-order valence-corrected chi connectivity index (χ1v) is 8.90. The van der Waals surface area contributed by atoms with Crippen LogP contribution >= 0.6 is 23.2 Å². The molecule has 1 aliphatic rings. The fourth-order valence-electron chi connectivity index (χ4n) is 2.89. The lowest BCUT2D eigenvalue weighted by Crippen LogP contribution is -2.32. The van der Waals surface area contributed by atoms with Crippen molar-refractivity contribution in [1.82, 2.24) is 5.32 Å². The summed E-state index contributed by atoms with van der Waals surface area (Å²) in [6, 6.07) is 12.6. The molecule has 0 aliphatic carbocycles. The molecule has 1 fully saturated rings. The second-order valence-corrected chi connectivity index (χ2v) is 6.83. The fraction of sp³-hybridized carbons (Fsp3) is 0.263. The second-order valence-electron chi connectivity index (χ2n) is 6.04. The molecule has 0 spiro atoms. The second kappa shape index (κ2) is 7.98. The van der Waals surface area contributed by atoms with E-state index in [0.717, 1.165) is 11.3 Å². The van der Waals surface area contributed by atoms with Gasteiger partial charge in [-0.15, -0.1) is 0 Å². The third kappa shape index (κ3) is 3.94. The highest BCUT2D eigenvalue weighted by molar-refractivity contribution is 6.44. The zero-order valence-corrected chi connectivity index (χ0v) is 15.7. The first-order chi connectivity index (χ1) is 12.5. The SMILES string of the molecule is COc1ccc(CNC(=O)[C@@H]2CC(=O)N(c3cccc(Cl)c3Cl)C2)cc1. The number of nitrogens with one attached hydrogen (secondary N) is 1. The van der Waals surface area contributed by atoms with Gasteiger partial charge in [-0.2, -0.15) is 0 Å². The molecule has 7 heteroatoms. The van der Waals surface area contributed by atoms with Crippen LogP contribution in [0.15, 0.2) is 42.5 Å². The Kier molecular flexibility index (Phi) is 5.69. The highest BCUT2D eigenvalue weighted by Crippen LogP contribution is 2.35. The van der Waals surface area contributed by atoms with Crippen molar-refractivity contribution in [1.29, 1.82) is 0 Å². The van der Waals surface area contributed by atoms with E-state index in [1.54, 1.807) is 25.3 Å². The number of amides is 2. The summed E-state index contributed by atoms with van der Waals surface area (Å²) in [4.78, 5) is 26.3. The summed E-state index contributed by atoms with van der Waals surface area (Å²) in [5.41, 5.74) is 1.49. The number of carbonyl (C=O) groups is 2. The summed E-state index contributed by atoms with van der Waals surface area (Å²) in [6.45, 7) is 0.679. The van der Waals surface area contributed by atoms with Gasteiger partial charge >= 0.3 is 0 Å². The van der Waals surface area contributed by atoms with Crippen LogP contribution in [0.3, 0.4) is 0 Å². The lowest BCUT2D eigenvalue weighted by molar-refractivity contribution is -0.126. The Bertz CT molecular complexity index is 824. The van der Waals surface area contributed by atoms with Crippen LogP contribution in [0.25, 0.3) is 0 Å². The average molecular weight is 393 g/mol. The Hall–Kier alpha value is -2.24.